The molecule has 1 aromatic heterocycles. The van der Waals surface area contributed by atoms with Gasteiger partial charge in [0.2, 0.25) is 0 Å². The van der Waals surface area contributed by atoms with Crippen molar-refractivity contribution in [3.05, 3.63) is 21.9 Å². The molecule has 2 aliphatic rings. The molecule has 86 valence electrons. The van der Waals surface area contributed by atoms with Crippen molar-refractivity contribution < 1.29 is 9.90 Å². The fraction of sp³-hybridized carbons (Fsp3) is 0.583. The summed E-state index contributed by atoms with van der Waals surface area (Å²) in [7, 11) is 0. The van der Waals surface area contributed by atoms with Gasteiger partial charge >= 0.3 is 0 Å². The summed E-state index contributed by atoms with van der Waals surface area (Å²) in [4.78, 5) is 15.7. The van der Waals surface area contributed by atoms with Gasteiger partial charge < -0.3 is 10.0 Å². The van der Waals surface area contributed by atoms with Gasteiger partial charge in [-0.15, -0.1) is 11.3 Å². The monoisotopic (exact) mass is 237 g/mol. The summed E-state index contributed by atoms with van der Waals surface area (Å²) in [5.74, 6) is 0.519. The topological polar surface area (TPSA) is 40.5 Å². The van der Waals surface area contributed by atoms with Crippen LogP contribution < -0.4 is 0 Å². The number of hydrogen-bond donors (Lipinski definition) is 1. The van der Waals surface area contributed by atoms with E-state index < -0.39 is 5.60 Å². The first-order valence-corrected chi connectivity index (χ1v) is 6.48. The summed E-state index contributed by atoms with van der Waals surface area (Å²) in [6.45, 7) is 3.04. The number of likely N-dealkylation sites (tertiary alicyclic amines) is 1. The summed E-state index contributed by atoms with van der Waals surface area (Å²) >= 11 is 1.52. The Bertz CT molecular complexity index is 430. The quantitative estimate of drug-likeness (QED) is 0.849. The molecule has 1 aliphatic carbocycles. The van der Waals surface area contributed by atoms with E-state index in [1.54, 1.807) is 4.90 Å². The molecule has 1 saturated heterocycles. The Balaban J connectivity index is 1.66. The van der Waals surface area contributed by atoms with E-state index in [1.807, 2.05) is 19.1 Å². The number of thiophene rings is 1. The van der Waals surface area contributed by atoms with Crippen LogP contribution in [0.1, 0.15) is 27.4 Å². The van der Waals surface area contributed by atoms with Crippen LogP contribution in [-0.4, -0.2) is 34.6 Å². The summed E-state index contributed by atoms with van der Waals surface area (Å²) in [5.41, 5.74) is -0.567. The number of carbonyl (C=O) groups is 1. The standard InChI is InChI=1S/C12H15NO2S/c1-8-2-5-10(16-8)11(14)13-6-12(15,7-13)9-3-4-9/h2,5,9,15H,3-4,6-7H2,1H3. The SMILES string of the molecule is Cc1ccc(C(=O)N2CC(O)(C3CC3)C2)s1. The summed E-state index contributed by atoms with van der Waals surface area (Å²) in [5, 5.41) is 10.1. The van der Waals surface area contributed by atoms with Crippen LogP contribution in [0.2, 0.25) is 0 Å². The molecular formula is C12H15NO2S. The third-order valence-corrected chi connectivity index (χ3v) is 4.49. The first-order chi connectivity index (χ1) is 7.58. The highest BCUT2D eigenvalue weighted by atomic mass is 32.1. The number of hydrogen-bond acceptors (Lipinski definition) is 3. The molecule has 3 nitrogen and oxygen atoms in total. The first kappa shape index (κ1) is 10.3. The molecule has 3 rings (SSSR count). The Morgan fingerprint density at radius 1 is 1.50 bits per heavy atom. The Kier molecular flexibility index (Phi) is 2.13. The van der Waals surface area contributed by atoms with Crippen molar-refractivity contribution in [3.63, 3.8) is 0 Å². The van der Waals surface area contributed by atoms with E-state index in [2.05, 4.69) is 0 Å². The van der Waals surface area contributed by atoms with Gasteiger partial charge in [-0.2, -0.15) is 0 Å². The molecule has 0 bridgehead atoms. The van der Waals surface area contributed by atoms with Gasteiger partial charge in [-0.1, -0.05) is 0 Å². The van der Waals surface area contributed by atoms with Crippen molar-refractivity contribution in [2.75, 3.05) is 13.1 Å². The molecule has 4 heteroatoms. The molecule has 0 radical (unpaired) electrons. The van der Waals surface area contributed by atoms with Gasteiger partial charge in [0.1, 0.15) is 5.60 Å². The predicted octanol–water partition coefficient (Wildman–Crippen LogP) is 1.65. The highest BCUT2D eigenvalue weighted by Gasteiger charge is 2.53. The molecule has 2 fully saturated rings. The van der Waals surface area contributed by atoms with Crippen LogP contribution in [0.25, 0.3) is 0 Å². The number of rotatable bonds is 2. The Morgan fingerprint density at radius 3 is 2.69 bits per heavy atom. The normalized spacial score (nSPS) is 23.0. The number of amides is 1. The Labute approximate surface area is 98.7 Å². The largest absolute Gasteiger partial charge is 0.386 e. The zero-order valence-corrected chi connectivity index (χ0v) is 10.1. The Hall–Kier alpha value is -0.870. The molecule has 1 N–H and O–H groups in total. The summed E-state index contributed by atoms with van der Waals surface area (Å²) in [6.07, 6.45) is 2.24. The lowest BCUT2D eigenvalue weighted by atomic mass is 9.88. The number of aryl methyl sites for hydroxylation is 1. The second-order valence-electron chi connectivity index (χ2n) is 4.95. The minimum absolute atomic E-state index is 0.0726. The summed E-state index contributed by atoms with van der Waals surface area (Å²) < 4.78 is 0. The number of nitrogens with zero attached hydrogens (tertiary/aromatic N) is 1. The lowest BCUT2D eigenvalue weighted by molar-refractivity contribution is -0.0956. The highest BCUT2D eigenvalue weighted by molar-refractivity contribution is 7.13. The van der Waals surface area contributed by atoms with Gasteiger partial charge in [-0.25, -0.2) is 0 Å². The van der Waals surface area contributed by atoms with Crippen molar-refractivity contribution in [1.82, 2.24) is 4.90 Å². The maximum absolute atomic E-state index is 12.0. The molecule has 1 amide bonds. The Morgan fingerprint density at radius 2 is 2.19 bits per heavy atom. The number of β-amino-alcohol motifs (C(OH)–C–C–N with tert-alkyl or cyclic N) is 1. The lowest BCUT2D eigenvalue weighted by Crippen LogP contribution is -2.64. The lowest BCUT2D eigenvalue weighted by Gasteiger charge is -2.46. The van der Waals surface area contributed by atoms with Crippen molar-refractivity contribution >= 4 is 17.2 Å². The zero-order valence-electron chi connectivity index (χ0n) is 9.27. The fourth-order valence-corrected chi connectivity index (χ4v) is 3.18. The van der Waals surface area contributed by atoms with Crippen LogP contribution in [0.3, 0.4) is 0 Å². The maximum Gasteiger partial charge on any atom is 0.264 e. The van der Waals surface area contributed by atoms with E-state index in [0.29, 0.717) is 19.0 Å². The zero-order chi connectivity index (χ0) is 11.3. The third-order valence-electron chi connectivity index (χ3n) is 3.50. The molecule has 0 unspecified atom stereocenters. The molecule has 1 aromatic rings. The number of aliphatic hydroxyl groups is 1. The van der Waals surface area contributed by atoms with Crippen LogP contribution in [-0.2, 0) is 0 Å². The first-order valence-electron chi connectivity index (χ1n) is 5.67. The predicted molar refractivity (Wildman–Crippen MR) is 62.6 cm³/mol. The minimum Gasteiger partial charge on any atom is -0.386 e. The average Bonchev–Trinajstić information content (AvgIpc) is 2.96. The summed E-state index contributed by atoms with van der Waals surface area (Å²) in [6, 6.07) is 3.83. The molecule has 1 saturated carbocycles. The molecule has 0 aromatic carbocycles. The van der Waals surface area contributed by atoms with Crippen molar-refractivity contribution in [2.45, 2.75) is 25.4 Å². The van der Waals surface area contributed by atoms with Crippen LogP contribution in [0.4, 0.5) is 0 Å². The van der Waals surface area contributed by atoms with E-state index in [-0.39, 0.29) is 5.91 Å². The van der Waals surface area contributed by atoms with Gasteiger partial charge in [0.15, 0.2) is 0 Å². The smallest absolute Gasteiger partial charge is 0.264 e. The van der Waals surface area contributed by atoms with Crippen molar-refractivity contribution in [2.24, 2.45) is 5.92 Å². The third kappa shape index (κ3) is 1.57. The molecule has 0 spiro atoms. The molecule has 16 heavy (non-hydrogen) atoms. The van der Waals surface area contributed by atoms with Crippen LogP contribution in [0.15, 0.2) is 12.1 Å². The van der Waals surface area contributed by atoms with E-state index in [1.165, 1.54) is 11.3 Å². The van der Waals surface area contributed by atoms with E-state index in [9.17, 15) is 9.90 Å². The van der Waals surface area contributed by atoms with Gasteiger partial charge in [0, 0.05) is 4.88 Å². The second kappa shape index (κ2) is 3.31. The highest BCUT2D eigenvalue weighted by Crippen LogP contribution is 2.44. The average molecular weight is 237 g/mol. The molecule has 1 aliphatic heterocycles. The van der Waals surface area contributed by atoms with E-state index in [0.717, 1.165) is 22.6 Å². The minimum atomic E-state index is -0.567. The molecule has 0 atom stereocenters. The van der Waals surface area contributed by atoms with Crippen molar-refractivity contribution in [3.8, 4) is 0 Å². The van der Waals surface area contributed by atoms with E-state index in [4.69, 9.17) is 0 Å². The molecule has 2 heterocycles. The second-order valence-corrected chi connectivity index (χ2v) is 6.24. The maximum atomic E-state index is 12.0. The number of carbonyl (C=O) groups excluding carboxylic acids is 1. The van der Waals surface area contributed by atoms with Gasteiger partial charge in [0.05, 0.1) is 18.0 Å². The van der Waals surface area contributed by atoms with Crippen LogP contribution >= 0.6 is 11.3 Å². The van der Waals surface area contributed by atoms with Gasteiger partial charge in [-0.05, 0) is 37.8 Å². The van der Waals surface area contributed by atoms with Crippen LogP contribution in [0, 0.1) is 12.8 Å². The van der Waals surface area contributed by atoms with Gasteiger partial charge in [0.25, 0.3) is 5.91 Å². The van der Waals surface area contributed by atoms with Crippen molar-refractivity contribution in [1.29, 1.82) is 0 Å². The van der Waals surface area contributed by atoms with E-state index >= 15 is 0 Å². The van der Waals surface area contributed by atoms with Crippen LogP contribution in [0.5, 0.6) is 0 Å². The fourth-order valence-electron chi connectivity index (χ4n) is 2.34. The molecular weight excluding hydrogens is 222 g/mol. The van der Waals surface area contributed by atoms with Gasteiger partial charge in [-0.3, -0.25) is 4.79 Å².